The first-order chi connectivity index (χ1) is 10.8. The fourth-order valence-electron chi connectivity index (χ4n) is 3.27. The first-order valence-electron chi connectivity index (χ1n) is 8.49. The third kappa shape index (κ3) is 5.13. The minimum absolute atomic E-state index is 0.0269. The highest BCUT2D eigenvalue weighted by atomic mass is 16.6. The summed E-state index contributed by atoms with van der Waals surface area (Å²) in [5.41, 5.74) is 0.742. The van der Waals surface area contributed by atoms with Gasteiger partial charge in [-0.2, -0.15) is 0 Å². The normalized spacial score (nSPS) is 24.7. The Morgan fingerprint density at radius 1 is 1.22 bits per heavy atom. The Hall–Kier alpha value is -1.23. The molecule has 1 aromatic rings. The first-order valence-corrected chi connectivity index (χ1v) is 8.49. The van der Waals surface area contributed by atoms with Gasteiger partial charge in [-0.25, -0.2) is 4.90 Å². The molecular formula is C19H29NO3. The molecule has 23 heavy (non-hydrogen) atoms. The second kappa shape index (κ2) is 7.56. The smallest absolute Gasteiger partial charge is 0.217 e. The van der Waals surface area contributed by atoms with E-state index < -0.39 is 12.0 Å². The number of ketones is 1. The van der Waals surface area contributed by atoms with Crippen LogP contribution in [0, 0.1) is 0 Å². The first kappa shape index (κ1) is 18.1. The van der Waals surface area contributed by atoms with Crippen LogP contribution in [0.2, 0.25) is 0 Å². The van der Waals surface area contributed by atoms with Gasteiger partial charge in [0.05, 0.1) is 5.60 Å². The Bertz CT molecular complexity index is 509. The molecule has 0 aliphatic carbocycles. The number of hydrogen-bond acceptors (Lipinski definition) is 4. The van der Waals surface area contributed by atoms with Gasteiger partial charge in [-0.05, 0) is 39.2 Å². The maximum absolute atomic E-state index is 12.1. The molecule has 2 rings (SSSR count). The van der Waals surface area contributed by atoms with Crippen LogP contribution in [-0.4, -0.2) is 39.9 Å². The quantitative estimate of drug-likeness (QED) is 0.847. The lowest BCUT2D eigenvalue weighted by atomic mass is 9.89. The number of aliphatic hydroxyl groups is 1. The van der Waals surface area contributed by atoms with Crippen molar-refractivity contribution >= 4 is 5.78 Å². The van der Waals surface area contributed by atoms with Crippen LogP contribution in [-0.2, 0) is 16.0 Å². The molecule has 1 aromatic carbocycles. The standard InChI is InChI=1S/C19H29NO3/c1-5-15-12-17(21)13-16(11-14-9-7-6-8-10-14)20(15)18(22)23-19(2,3)4/h6-10,15-16,18,22H,5,11-13H2,1-4H3. The largest absolute Gasteiger partial charge is 0.356 e. The van der Waals surface area contributed by atoms with Crippen LogP contribution in [0.3, 0.4) is 0 Å². The number of aliphatic hydroxyl groups excluding tert-OH is 1. The van der Waals surface area contributed by atoms with Crippen LogP contribution in [0.5, 0.6) is 0 Å². The highest BCUT2D eigenvalue weighted by Crippen LogP contribution is 2.29. The Morgan fingerprint density at radius 3 is 2.39 bits per heavy atom. The summed E-state index contributed by atoms with van der Waals surface area (Å²) in [5, 5.41) is 10.6. The van der Waals surface area contributed by atoms with Gasteiger partial charge in [0.15, 0.2) is 0 Å². The van der Waals surface area contributed by atoms with Crippen LogP contribution in [0.4, 0.5) is 0 Å². The molecule has 0 radical (unpaired) electrons. The Kier molecular flexibility index (Phi) is 5.95. The molecule has 0 bridgehead atoms. The Morgan fingerprint density at radius 2 is 1.83 bits per heavy atom. The number of hydrogen-bond donors (Lipinski definition) is 1. The van der Waals surface area contributed by atoms with E-state index in [2.05, 4.69) is 19.1 Å². The third-order valence-corrected chi connectivity index (χ3v) is 4.27. The zero-order valence-electron chi connectivity index (χ0n) is 14.7. The van der Waals surface area contributed by atoms with Crippen molar-refractivity contribution in [1.82, 2.24) is 4.90 Å². The van der Waals surface area contributed by atoms with E-state index >= 15 is 0 Å². The summed E-state index contributed by atoms with van der Waals surface area (Å²) in [5.74, 6) is 0.275. The molecule has 128 valence electrons. The van der Waals surface area contributed by atoms with Crippen molar-refractivity contribution in [3.8, 4) is 0 Å². The van der Waals surface area contributed by atoms with E-state index in [-0.39, 0.29) is 17.9 Å². The molecular weight excluding hydrogens is 290 g/mol. The van der Waals surface area contributed by atoms with Gasteiger partial charge in [0, 0.05) is 24.9 Å². The summed E-state index contributed by atoms with van der Waals surface area (Å²) in [7, 11) is 0. The molecule has 4 heteroatoms. The summed E-state index contributed by atoms with van der Waals surface area (Å²) in [6.07, 6.45) is 1.54. The molecule has 0 saturated carbocycles. The molecule has 1 heterocycles. The number of nitrogens with zero attached hydrogens (tertiary/aromatic N) is 1. The lowest BCUT2D eigenvalue weighted by molar-refractivity contribution is -0.262. The van der Waals surface area contributed by atoms with Crippen LogP contribution in [0.1, 0.15) is 52.5 Å². The van der Waals surface area contributed by atoms with Crippen molar-refractivity contribution in [2.75, 3.05) is 0 Å². The molecule has 4 nitrogen and oxygen atoms in total. The third-order valence-electron chi connectivity index (χ3n) is 4.27. The molecule has 3 unspecified atom stereocenters. The summed E-state index contributed by atoms with van der Waals surface area (Å²) in [4.78, 5) is 14.1. The van der Waals surface area contributed by atoms with Crippen LogP contribution >= 0.6 is 0 Å². The van der Waals surface area contributed by atoms with Crippen molar-refractivity contribution in [1.29, 1.82) is 0 Å². The van der Waals surface area contributed by atoms with Gasteiger partial charge in [0.1, 0.15) is 5.78 Å². The van der Waals surface area contributed by atoms with E-state index in [9.17, 15) is 9.90 Å². The Balaban J connectivity index is 2.21. The molecule has 1 fully saturated rings. The zero-order valence-corrected chi connectivity index (χ0v) is 14.7. The topological polar surface area (TPSA) is 49.8 Å². The zero-order chi connectivity index (χ0) is 17.0. The van der Waals surface area contributed by atoms with E-state index in [1.807, 2.05) is 43.9 Å². The SMILES string of the molecule is CCC1CC(=O)CC(Cc2ccccc2)N1C(O)OC(C)(C)C. The number of likely N-dealkylation sites (tertiary alicyclic amines) is 1. The molecule has 3 atom stereocenters. The fraction of sp³-hybridized carbons (Fsp3) is 0.632. The van der Waals surface area contributed by atoms with Crippen LogP contribution in [0.25, 0.3) is 0 Å². The molecule has 1 aliphatic heterocycles. The maximum Gasteiger partial charge on any atom is 0.217 e. The average Bonchev–Trinajstić information content (AvgIpc) is 2.45. The van der Waals surface area contributed by atoms with Gasteiger partial charge in [0.25, 0.3) is 0 Å². The lowest BCUT2D eigenvalue weighted by Crippen LogP contribution is -2.57. The predicted octanol–water partition coefficient (Wildman–Crippen LogP) is 3.13. The van der Waals surface area contributed by atoms with E-state index in [0.29, 0.717) is 12.8 Å². The van der Waals surface area contributed by atoms with E-state index in [1.54, 1.807) is 0 Å². The van der Waals surface area contributed by atoms with Gasteiger partial charge in [-0.15, -0.1) is 0 Å². The molecule has 1 aliphatic rings. The molecule has 1 saturated heterocycles. The van der Waals surface area contributed by atoms with Crippen molar-refractivity contribution in [3.63, 3.8) is 0 Å². The highest BCUT2D eigenvalue weighted by Gasteiger charge is 2.39. The van der Waals surface area contributed by atoms with Crippen LogP contribution in [0.15, 0.2) is 30.3 Å². The van der Waals surface area contributed by atoms with Crippen molar-refractivity contribution in [2.24, 2.45) is 0 Å². The van der Waals surface area contributed by atoms with Crippen molar-refractivity contribution < 1.29 is 14.6 Å². The molecule has 1 N–H and O–H groups in total. The molecule has 0 aromatic heterocycles. The van der Waals surface area contributed by atoms with Gasteiger partial charge in [0.2, 0.25) is 6.41 Å². The summed E-state index contributed by atoms with van der Waals surface area (Å²) in [6.45, 7) is 7.84. The average molecular weight is 319 g/mol. The number of carbonyl (C=O) groups is 1. The van der Waals surface area contributed by atoms with Gasteiger partial charge < -0.3 is 9.84 Å². The second-order valence-corrected chi connectivity index (χ2v) is 7.36. The minimum Gasteiger partial charge on any atom is -0.356 e. The minimum atomic E-state index is -0.984. The monoisotopic (exact) mass is 319 g/mol. The van der Waals surface area contributed by atoms with Gasteiger partial charge in [-0.3, -0.25) is 4.79 Å². The van der Waals surface area contributed by atoms with Gasteiger partial charge in [-0.1, -0.05) is 37.3 Å². The summed E-state index contributed by atoms with van der Waals surface area (Å²) >= 11 is 0. The summed E-state index contributed by atoms with van der Waals surface area (Å²) < 4.78 is 5.78. The number of carbonyl (C=O) groups excluding carboxylic acids is 1. The number of rotatable bonds is 5. The van der Waals surface area contributed by atoms with E-state index in [4.69, 9.17) is 4.74 Å². The highest BCUT2D eigenvalue weighted by molar-refractivity contribution is 5.80. The van der Waals surface area contributed by atoms with E-state index in [1.165, 1.54) is 5.56 Å². The Labute approximate surface area is 139 Å². The maximum atomic E-state index is 12.1. The number of piperidine rings is 1. The fourth-order valence-corrected chi connectivity index (χ4v) is 3.27. The van der Waals surface area contributed by atoms with Crippen LogP contribution < -0.4 is 0 Å². The predicted molar refractivity (Wildman–Crippen MR) is 90.9 cm³/mol. The second-order valence-electron chi connectivity index (χ2n) is 7.36. The lowest BCUT2D eigenvalue weighted by Gasteiger charge is -2.45. The number of ether oxygens (including phenoxy) is 1. The van der Waals surface area contributed by atoms with Crippen molar-refractivity contribution in [3.05, 3.63) is 35.9 Å². The number of Topliss-reactive ketones (excluding diaryl/α,β-unsaturated/α-hetero) is 1. The van der Waals surface area contributed by atoms with Gasteiger partial charge >= 0.3 is 0 Å². The molecule has 0 spiro atoms. The molecule has 0 amide bonds. The number of benzene rings is 1. The summed E-state index contributed by atoms with van der Waals surface area (Å²) in [6, 6.07) is 10.1. The van der Waals surface area contributed by atoms with E-state index in [0.717, 1.165) is 12.8 Å². The van der Waals surface area contributed by atoms with Crippen molar-refractivity contribution in [2.45, 2.75) is 77.5 Å².